The Hall–Kier alpha value is -0.0800. The minimum atomic E-state index is -0.415. The van der Waals surface area contributed by atoms with E-state index in [1.54, 1.807) is 0 Å². The fourth-order valence-corrected chi connectivity index (χ4v) is 9.52. The normalized spacial score (nSPS) is 50.3. The van der Waals surface area contributed by atoms with Crippen LogP contribution in [0.15, 0.2) is 0 Å². The Labute approximate surface area is 186 Å². The summed E-state index contributed by atoms with van der Waals surface area (Å²) in [5.74, 6) is 5.94. The van der Waals surface area contributed by atoms with Crippen LogP contribution in [-0.2, 0) is 0 Å². The van der Waals surface area contributed by atoms with Crippen LogP contribution in [0.5, 0.6) is 0 Å². The summed E-state index contributed by atoms with van der Waals surface area (Å²) in [6.45, 7) is 12.6. The SMILES string of the molecule is CC(CCO)CCC(C)C1CCC2C3CCC4CC(C)(O)CCC4(C)C3CCC12C. The molecule has 10 unspecified atom stereocenters. The lowest BCUT2D eigenvalue weighted by atomic mass is 9.43. The Morgan fingerprint density at radius 3 is 2.27 bits per heavy atom. The van der Waals surface area contributed by atoms with Crippen molar-refractivity contribution < 1.29 is 10.2 Å². The molecule has 4 saturated carbocycles. The molecule has 0 spiro atoms. The highest BCUT2D eigenvalue weighted by atomic mass is 16.3. The number of rotatable bonds is 6. The van der Waals surface area contributed by atoms with Gasteiger partial charge in [-0.1, -0.05) is 40.5 Å². The molecule has 0 aromatic heterocycles. The van der Waals surface area contributed by atoms with E-state index in [-0.39, 0.29) is 0 Å². The lowest BCUT2D eigenvalue weighted by molar-refractivity contribution is -0.148. The van der Waals surface area contributed by atoms with Crippen molar-refractivity contribution in [3.8, 4) is 0 Å². The molecule has 4 rings (SSSR count). The first kappa shape index (κ1) is 23.1. The summed E-state index contributed by atoms with van der Waals surface area (Å²) in [5, 5.41) is 20.0. The highest BCUT2D eigenvalue weighted by Gasteiger charge is 2.61. The van der Waals surface area contributed by atoms with Crippen molar-refractivity contribution in [2.75, 3.05) is 6.61 Å². The number of fused-ring (bicyclic) bond motifs is 5. The smallest absolute Gasteiger partial charge is 0.0622 e. The molecule has 10 atom stereocenters. The third kappa shape index (κ3) is 3.91. The maximum atomic E-state index is 10.7. The van der Waals surface area contributed by atoms with Crippen LogP contribution < -0.4 is 0 Å². The second-order valence-corrected chi connectivity index (χ2v) is 13.3. The zero-order valence-corrected chi connectivity index (χ0v) is 20.6. The van der Waals surface area contributed by atoms with Crippen LogP contribution in [0.4, 0.5) is 0 Å². The van der Waals surface area contributed by atoms with Crippen molar-refractivity contribution in [2.45, 2.75) is 117 Å². The first-order chi connectivity index (χ1) is 14.1. The lowest BCUT2D eigenvalue weighted by Crippen LogP contribution is -2.55. The minimum Gasteiger partial charge on any atom is -0.396 e. The number of aliphatic hydroxyl groups excluding tert-OH is 1. The van der Waals surface area contributed by atoms with Crippen LogP contribution >= 0.6 is 0 Å². The molecule has 30 heavy (non-hydrogen) atoms. The summed E-state index contributed by atoms with van der Waals surface area (Å²) in [6.07, 6.45) is 15.5. The van der Waals surface area contributed by atoms with E-state index in [9.17, 15) is 10.2 Å². The molecule has 2 heteroatoms. The maximum Gasteiger partial charge on any atom is 0.0622 e. The Morgan fingerprint density at radius 1 is 0.800 bits per heavy atom. The van der Waals surface area contributed by atoms with Gasteiger partial charge >= 0.3 is 0 Å². The van der Waals surface area contributed by atoms with E-state index in [1.165, 1.54) is 57.8 Å². The van der Waals surface area contributed by atoms with Crippen LogP contribution in [-0.4, -0.2) is 22.4 Å². The van der Waals surface area contributed by atoms with Crippen LogP contribution in [0.2, 0.25) is 0 Å². The van der Waals surface area contributed by atoms with Crippen LogP contribution in [0, 0.1) is 52.3 Å². The summed E-state index contributed by atoms with van der Waals surface area (Å²) in [6, 6.07) is 0. The highest BCUT2D eigenvalue weighted by molar-refractivity contribution is 5.10. The van der Waals surface area contributed by atoms with Gasteiger partial charge in [0, 0.05) is 6.61 Å². The Balaban J connectivity index is 1.45. The summed E-state index contributed by atoms with van der Waals surface area (Å²) in [5.41, 5.74) is 0.626. The van der Waals surface area contributed by atoms with Gasteiger partial charge in [-0.05, 0) is 123 Å². The van der Waals surface area contributed by atoms with Crippen LogP contribution in [0.25, 0.3) is 0 Å². The van der Waals surface area contributed by atoms with Gasteiger partial charge in [-0.25, -0.2) is 0 Å². The first-order valence-corrected chi connectivity index (χ1v) is 13.4. The summed E-state index contributed by atoms with van der Waals surface area (Å²) in [4.78, 5) is 0. The first-order valence-electron chi connectivity index (χ1n) is 13.4. The molecular weight excluding hydrogens is 368 g/mol. The summed E-state index contributed by atoms with van der Waals surface area (Å²) >= 11 is 0. The molecule has 174 valence electrons. The van der Waals surface area contributed by atoms with Crippen molar-refractivity contribution in [3.63, 3.8) is 0 Å². The molecule has 0 aromatic rings. The third-order valence-corrected chi connectivity index (χ3v) is 11.5. The van der Waals surface area contributed by atoms with Gasteiger partial charge in [-0.15, -0.1) is 0 Å². The molecule has 0 bridgehead atoms. The fraction of sp³-hybridized carbons (Fsp3) is 1.00. The van der Waals surface area contributed by atoms with E-state index >= 15 is 0 Å². The van der Waals surface area contributed by atoms with E-state index in [4.69, 9.17) is 0 Å². The largest absolute Gasteiger partial charge is 0.396 e. The van der Waals surface area contributed by atoms with Crippen molar-refractivity contribution in [1.29, 1.82) is 0 Å². The fourth-order valence-electron chi connectivity index (χ4n) is 9.52. The van der Waals surface area contributed by atoms with Gasteiger partial charge in [-0.2, -0.15) is 0 Å². The number of hydrogen-bond acceptors (Lipinski definition) is 2. The van der Waals surface area contributed by atoms with Crippen molar-refractivity contribution in [1.82, 2.24) is 0 Å². The molecule has 4 aliphatic rings. The minimum absolute atomic E-state index is 0.344. The summed E-state index contributed by atoms with van der Waals surface area (Å²) in [7, 11) is 0. The van der Waals surface area contributed by atoms with E-state index in [1.807, 2.05) is 0 Å². The van der Waals surface area contributed by atoms with Gasteiger partial charge in [0.15, 0.2) is 0 Å². The van der Waals surface area contributed by atoms with Crippen molar-refractivity contribution in [3.05, 3.63) is 0 Å². The van der Waals surface area contributed by atoms with Crippen molar-refractivity contribution in [2.24, 2.45) is 52.3 Å². The second kappa shape index (κ2) is 8.36. The summed E-state index contributed by atoms with van der Waals surface area (Å²) < 4.78 is 0. The van der Waals surface area contributed by atoms with Gasteiger partial charge in [0.2, 0.25) is 0 Å². The molecule has 0 aliphatic heterocycles. The maximum absolute atomic E-state index is 10.7. The third-order valence-electron chi connectivity index (χ3n) is 11.5. The van der Waals surface area contributed by atoms with Gasteiger partial charge in [0.1, 0.15) is 0 Å². The van der Waals surface area contributed by atoms with Gasteiger partial charge < -0.3 is 10.2 Å². The second-order valence-electron chi connectivity index (χ2n) is 13.3. The van der Waals surface area contributed by atoms with Gasteiger partial charge in [-0.3, -0.25) is 0 Å². The Kier molecular flexibility index (Phi) is 6.44. The van der Waals surface area contributed by atoms with E-state index in [2.05, 4.69) is 34.6 Å². The highest BCUT2D eigenvalue weighted by Crippen LogP contribution is 2.68. The molecule has 0 aromatic carbocycles. The molecule has 2 N–H and O–H groups in total. The predicted octanol–water partition coefficient (Wildman–Crippen LogP) is 6.83. The van der Waals surface area contributed by atoms with E-state index < -0.39 is 5.60 Å². The molecule has 2 nitrogen and oxygen atoms in total. The predicted molar refractivity (Wildman–Crippen MR) is 125 cm³/mol. The average molecular weight is 419 g/mol. The van der Waals surface area contributed by atoms with Crippen LogP contribution in [0.1, 0.15) is 112 Å². The molecule has 4 fully saturated rings. The van der Waals surface area contributed by atoms with E-state index in [0.29, 0.717) is 23.4 Å². The van der Waals surface area contributed by atoms with Gasteiger partial charge in [0.25, 0.3) is 0 Å². The Morgan fingerprint density at radius 2 is 1.53 bits per heavy atom. The molecule has 0 heterocycles. The quantitative estimate of drug-likeness (QED) is 0.496. The molecular formula is C28H50O2. The zero-order valence-electron chi connectivity index (χ0n) is 20.6. The molecule has 4 aliphatic carbocycles. The monoisotopic (exact) mass is 418 g/mol. The molecule has 0 amide bonds. The standard InChI is InChI=1S/C28H50O2/c1-19(13-17-29)6-7-20(2)23-10-11-24-22-9-8-21-18-26(3,30)15-16-27(21,4)25(22)12-14-28(23,24)5/h19-25,29-30H,6-18H2,1-5H3. The molecule has 0 radical (unpaired) electrons. The van der Waals surface area contributed by atoms with Gasteiger partial charge in [0.05, 0.1) is 5.60 Å². The Bertz CT molecular complexity index is 599. The zero-order chi connectivity index (χ0) is 21.7. The van der Waals surface area contributed by atoms with Crippen molar-refractivity contribution >= 4 is 0 Å². The lowest BCUT2D eigenvalue weighted by Gasteiger charge is -2.62. The molecule has 0 saturated heterocycles. The average Bonchev–Trinajstić information content (AvgIpc) is 3.04. The number of aliphatic hydroxyl groups is 2. The number of hydrogen-bond donors (Lipinski definition) is 2. The van der Waals surface area contributed by atoms with E-state index in [0.717, 1.165) is 54.8 Å². The topological polar surface area (TPSA) is 40.5 Å². The van der Waals surface area contributed by atoms with Crippen LogP contribution in [0.3, 0.4) is 0 Å².